The molecule has 2 aliphatic rings. The highest BCUT2D eigenvalue weighted by molar-refractivity contribution is 6.33. The minimum atomic E-state index is 0. The Morgan fingerprint density at radius 2 is 1.19 bits per heavy atom. The van der Waals surface area contributed by atoms with Gasteiger partial charge in [-0.2, -0.15) is 0 Å². The van der Waals surface area contributed by atoms with E-state index in [4.69, 9.17) is 28.9 Å². The van der Waals surface area contributed by atoms with Gasteiger partial charge in [-0.3, -0.25) is 14.4 Å². The van der Waals surface area contributed by atoms with Crippen LogP contribution in [0.25, 0.3) is 0 Å². The minimum absolute atomic E-state index is 0. The van der Waals surface area contributed by atoms with Gasteiger partial charge in [-0.05, 0) is 106 Å². The van der Waals surface area contributed by atoms with Gasteiger partial charge in [0.2, 0.25) is 0 Å². The molecule has 274 valence electrons. The molecule has 0 unspecified atom stereocenters. The number of ketones is 2. The fourth-order valence-corrected chi connectivity index (χ4v) is 6.00. The topological polar surface area (TPSA) is 113 Å². The predicted octanol–water partition coefficient (Wildman–Crippen LogP) is 11.5. The molecule has 4 aromatic carbocycles. The highest BCUT2D eigenvalue weighted by Crippen LogP contribution is 2.31. The molecular formula is C43H50Cl2N4O3. The zero-order valence-corrected chi connectivity index (χ0v) is 31.2. The number of carbonyl (C=O) groups is 3. The van der Waals surface area contributed by atoms with E-state index in [0.717, 1.165) is 89.2 Å². The Balaban J connectivity index is 0.000000233. The number of allylic oxidation sites excluding steroid dienone is 4. The summed E-state index contributed by atoms with van der Waals surface area (Å²) in [4.78, 5) is 33.7. The lowest BCUT2D eigenvalue weighted by molar-refractivity contribution is -0.116. The van der Waals surface area contributed by atoms with Gasteiger partial charge in [0.15, 0.2) is 11.6 Å². The average molecular weight is 742 g/mol. The lowest BCUT2D eigenvalue weighted by Gasteiger charge is -2.20. The number of aryl methyl sites for hydroxylation is 2. The second-order valence-electron chi connectivity index (χ2n) is 12.7. The largest absolute Gasteiger partial charge is 0.399 e. The lowest BCUT2D eigenvalue weighted by Crippen LogP contribution is -2.14. The predicted molar refractivity (Wildman–Crippen MR) is 219 cm³/mol. The van der Waals surface area contributed by atoms with Crippen molar-refractivity contribution in [3.8, 4) is 0 Å². The summed E-state index contributed by atoms with van der Waals surface area (Å²) in [5.74, 6) is 0.428. The van der Waals surface area contributed by atoms with Gasteiger partial charge in [0.05, 0.1) is 21.4 Å². The van der Waals surface area contributed by atoms with E-state index < -0.39 is 0 Å². The van der Waals surface area contributed by atoms with Crippen LogP contribution in [0.15, 0.2) is 107 Å². The fourth-order valence-electron chi connectivity index (χ4n) is 5.67. The third-order valence-corrected chi connectivity index (χ3v) is 9.65. The van der Waals surface area contributed by atoms with Gasteiger partial charge in [0.1, 0.15) is 6.29 Å². The van der Waals surface area contributed by atoms with Gasteiger partial charge in [-0.15, -0.1) is 0 Å². The Morgan fingerprint density at radius 3 is 1.73 bits per heavy atom. The molecule has 52 heavy (non-hydrogen) atoms. The van der Waals surface area contributed by atoms with Gasteiger partial charge in [0.25, 0.3) is 0 Å². The maximum absolute atomic E-state index is 11.9. The number of hydrogen-bond donors (Lipinski definition) is 4. The number of carbonyl (C=O) groups excluding carboxylic acids is 3. The summed E-state index contributed by atoms with van der Waals surface area (Å²) >= 11 is 12.4. The number of hydrogen-bond acceptors (Lipinski definition) is 7. The highest BCUT2D eigenvalue weighted by atomic mass is 35.5. The number of nitrogens with two attached hydrogens (primary N) is 1. The number of nitrogen functional groups attached to an aromatic ring is 1. The maximum Gasteiger partial charge on any atom is 0.160 e. The first-order valence-electron chi connectivity index (χ1n) is 17.1. The van der Waals surface area contributed by atoms with Crippen LogP contribution in [-0.2, 0) is 16.1 Å². The molecule has 0 spiro atoms. The second kappa shape index (κ2) is 20.3. The number of halogens is 2. The van der Waals surface area contributed by atoms with Crippen molar-refractivity contribution in [2.24, 2.45) is 0 Å². The second-order valence-corrected chi connectivity index (χ2v) is 13.5. The smallest absolute Gasteiger partial charge is 0.160 e. The molecule has 6 rings (SSSR count). The molecule has 0 saturated carbocycles. The quantitative estimate of drug-likeness (QED) is 0.105. The average Bonchev–Trinajstić information content (AvgIpc) is 3.12. The van der Waals surface area contributed by atoms with Crippen LogP contribution >= 0.6 is 23.2 Å². The molecule has 0 heterocycles. The van der Waals surface area contributed by atoms with Crippen molar-refractivity contribution in [3.05, 3.63) is 140 Å². The first kappa shape index (κ1) is 41.6. The normalized spacial score (nSPS) is 13.9. The molecule has 4 aromatic rings. The molecular weight excluding hydrogens is 691 g/mol. The molecule has 7 nitrogen and oxygen atoms in total. The van der Waals surface area contributed by atoms with E-state index in [1.165, 1.54) is 11.1 Å². The van der Waals surface area contributed by atoms with Gasteiger partial charge in [-0.1, -0.05) is 79.2 Å². The van der Waals surface area contributed by atoms with E-state index >= 15 is 0 Å². The van der Waals surface area contributed by atoms with Crippen LogP contribution in [0, 0.1) is 13.8 Å². The van der Waals surface area contributed by atoms with E-state index in [9.17, 15) is 14.4 Å². The van der Waals surface area contributed by atoms with Gasteiger partial charge >= 0.3 is 0 Å². The Bertz CT molecular complexity index is 1950. The first-order chi connectivity index (χ1) is 24.5. The minimum Gasteiger partial charge on any atom is -0.399 e. The summed E-state index contributed by atoms with van der Waals surface area (Å²) in [6.07, 6.45) is 5.69. The number of rotatable bonds is 8. The van der Waals surface area contributed by atoms with Crippen molar-refractivity contribution >= 4 is 63.8 Å². The molecule has 5 N–H and O–H groups in total. The van der Waals surface area contributed by atoms with Crippen LogP contribution in [0.1, 0.15) is 86.8 Å². The molecule has 0 bridgehead atoms. The monoisotopic (exact) mass is 740 g/mol. The number of Topliss-reactive ketones (excluding diaryl/α,β-unsaturated/α-hetero) is 2. The maximum atomic E-state index is 11.9. The number of aldehydes is 1. The number of anilines is 4. The summed E-state index contributed by atoms with van der Waals surface area (Å²) in [6.45, 7) is 8.53. The van der Waals surface area contributed by atoms with E-state index in [0.29, 0.717) is 28.6 Å². The Labute approximate surface area is 318 Å². The van der Waals surface area contributed by atoms with Crippen molar-refractivity contribution in [1.82, 2.24) is 0 Å². The van der Waals surface area contributed by atoms with Gasteiger partial charge in [-0.25, -0.2) is 0 Å². The van der Waals surface area contributed by atoms with Crippen LogP contribution in [-0.4, -0.2) is 17.9 Å². The van der Waals surface area contributed by atoms with E-state index in [-0.39, 0.29) is 19.0 Å². The van der Waals surface area contributed by atoms with Crippen LogP contribution < -0.4 is 21.7 Å². The zero-order valence-electron chi connectivity index (χ0n) is 29.7. The van der Waals surface area contributed by atoms with Crippen molar-refractivity contribution in [2.45, 2.75) is 80.2 Å². The molecule has 0 amide bonds. The summed E-state index contributed by atoms with van der Waals surface area (Å²) < 4.78 is 0. The van der Waals surface area contributed by atoms with Crippen LogP contribution in [0.2, 0.25) is 10.0 Å². The number of benzene rings is 4. The molecule has 0 aromatic heterocycles. The third-order valence-electron chi connectivity index (χ3n) is 8.99. The van der Waals surface area contributed by atoms with Gasteiger partial charge in [0, 0.05) is 58.9 Å². The Hall–Kier alpha value is -4.85. The van der Waals surface area contributed by atoms with E-state index in [1.54, 1.807) is 18.2 Å². The molecule has 0 saturated heterocycles. The lowest BCUT2D eigenvalue weighted by atomic mass is 9.96. The zero-order chi connectivity index (χ0) is 36.9. The van der Waals surface area contributed by atoms with Crippen LogP contribution in [0.4, 0.5) is 22.7 Å². The number of nitrogens with one attached hydrogen (secondary N) is 3. The molecule has 0 atom stereocenters. The van der Waals surface area contributed by atoms with Crippen molar-refractivity contribution < 1.29 is 14.4 Å². The van der Waals surface area contributed by atoms with Crippen molar-refractivity contribution in [2.75, 3.05) is 21.7 Å². The molecule has 2 aliphatic carbocycles. The SMILES string of the molecule is C.CC1=C(Nc2cc(N)ccc2Cl)CCCC1=O.CC1=C(Nc2cc(NCc3ccccc3C)ccc2Cl)CCCC1=O.Cc1ccccc1C=O. The fraction of sp³-hybridized carbons (Fsp3) is 0.279. The first-order valence-corrected chi connectivity index (χ1v) is 17.9. The molecule has 0 aliphatic heterocycles. The van der Waals surface area contributed by atoms with Crippen LogP contribution in [0.3, 0.4) is 0 Å². The summed E-state index contributed by atoms with van der Waals surface area (Å²) in [5.41, 5.74) is 16.9. The summed E-state index contributed by atoms with van der Waals surface area (Å²) in [7, 11) is 0. The third kappa shape index (κ3) is 11.9. The molecule has 0 fully saturated rings. The van der Waals surface area contributed by atoms with Crippen molar-refractivity contribution in [3.63, 3.8) is 0 Å². The summed E-state index contributed by atoms with van der Waals surface area (Å²) in [5, 5.41) is 11.3. The summed E-state index contributed by atoms with van der Waals surface area (Å²) in [6, 6.07) is 27.0. The van der Waals surface area contributed by atoms with Crippen LogP contribution in [0.5, 0.6) is 0 Å². The molecule has 9 heteroatoms. The standard InChI is InChI=1S/C21H23ClN2O.C13H15ClN2O.C8H8O.CH4/c1-14-6-3-4-7-16(14)13-23-17-10-11-18(22)20(12-17)24-19-8-5-9-21(25)15(19)2;1-8-11(3-2-4-13(8)17)16-12-7-9(15)5-6-10(12)14;1-7-4-2-3-5-8(7)6-9;/h3-4,6-7,10-12,23-24H,5,8-9,13H2,1-2H3;5-7,16H,2-4,15H2,1H3;2-6H,1H3;1H4. The Kier molecular flexibility index (Phi) is 16.2. The van der Waals surface area contributed by atoms with Crippen molar-refractivity contribution in [1.29, 1.82) is 0 Å². The van der Waals surface area contributed by atoms with Gasteiger partial charge < -0.3 is 21.7 Å². The highest BCUT2D eigenvalue weighted by Gasteiger charge is 2.18. The molecule has 0 radical (unpaired) electrons. The van der Waals surface area contributed by atoms with E-state index in [2.05, 4.69) is 35.0 Å². The Morgan fingerprint density at radius 1 is 0.673 bits per heavy atom. The van der Waals surface area contributed by atoms with E-state index in [1.807, 2.05) is 75.4 Å².